The first-order chi connectivity index (χ1) is 8.69. The van der Waals surface area contributed by atoms with Crippen LogP contribution >= 0.6 is 0 Å². The van der Waals surface area contributed by atoms with Crippen molar-refractivity contribution in [3.8, 4) is 0 Å². The van der Waals surface area contributed by atoms with Crippen LogP contribution in [-0.4, -0.2) is 24.5 Å². The maximum Gasteiger partial charge on any atom is 0.237 e. The topological polar surface area (TPSA) is 41.1 Å². The minimum Gasteiger partial charge on any atom is -0.352 e. The van der Waals surface area contributed by atoms with Crippen molar-refractivity contribution in [3.63, 3.8) is 0 Å². The maximum absolute atomic E-state index is 12.3. The van der Waals surface area contributed by atoms with Crippen molar-refractivity contribution in [1.82, 2.24) is 10.6 Å². The fourth-order valence-electron chi connectivity index (χ4n) is 2.78. The lowest BCUT2D eigenvalue weighted by Gasteiger charge is -2.30. The minimum absolute atomic E-state index is 0.0275. The van der Waals surface area contributed by atoms with Gasteiger partial charge in [-0.25, -0.2) is 0 Å². The molecule has 18 heavy (non-hydrogen) atoms. The van der Waals surface area contributed by atoms with E-state index in [9.17, 15) is 4.79 Å². The number of hydrogen-bond acceptors (Lipinski definition) is 2. The zero-order chi connectivity index (χ0) is 13.4. The Balaban J connectivity index is 2.43. The van der Waals surface area contributed by atoms with Gasteiger partial charge >= 0.3 is 0 Å². The molecule has 0 bridgehead atoms. The van der Waals surface area contributed by atoms with E-state index in [0.717, 1.165) is 25.8 Å². The van der Waals surface area contributed by atoms with E-state index < -0.39 is 0 Å². The number of hydrogen-bond donors (Lipinski definition) is 2. The fourth-order valence-corrected chi connectivity index (χ4v) is 2.78. The molecule has 106 valence electrons. The first-order valence-electron chi connectivity index (χ1n) is 7.72. The van der Waals surface area contributed by atoms with Crippen molar-refractivity contribution in [1.29, 1.82) is 0 Å². The van der Waals surface area contributed by atoms with E-state index in [2.05, 4.69) is 31.4 Å². The van der Waals surface area contributed by atoms with Gasteiger partial charge in [0.05, 0.1) is 6.04 Å². The second-order valence-corrected chi connectivity index (χ2v) is 5.69. The van der Waals surface area contributed by atoms with Crippen LogP contribution in [0, 0.1) is 5.92 Å². The van der Waals surface area contributed by atoms with E-state index in [4.69, 9.17) is 0 Å². The molecule has 1 saturated heterocycles. The monoisotopic (exact) mass is 254 g/mol. The molecule has 3 atom stereocenters. The summed E-state index contributed by atoms with van der Waals surface area (Å²) in [5.41, 5.74) is 0. The molecule has 2 N–H and O–H groups in total. The molecular weight excluding hydrogens is 224 g/mol. The summed E-state index contributed by atoms with van der Waals surface area (Å²) in [4.78, 5) is 12.3. The van der Waals surface area contributed by atoms with Crippen LogP contribution in [0.5, 0.6) is 0 Å². The van der Waals surface area contributed by atoms with E-state index in [1.165, 1.54) is 25.7 Å². The van der Waals surface area contributed by atoms with Crippen LogP contribution in [0.25, 0.3) is 0 Å². The first kappa shape index (κ1) is 15.5. The van der Waals surface area contributed by atoms with E-state index >= 15 is 0 Å². The molecule has 1 rings (SSSR count). The van der Waals surface area contributed by atoms with Crippen LogP contribution in [0.1, 0.15) is 65.7 Å². The highest BCUT2D eigenvalue weighted by Crippen LogP contribution is 2.16. The number of unbranched alkanes of at least 4 members (excludes halogenated alkanes) is 1. The summed E-state index contributed by atoms with van der Waals surface area (Å²) < 4.78 is 0. The van der Waals surface area contributed by atoms with Crippen molar-refractivity contribution in [2.75, 3.05) is 6.54 Å². The molecule has 0 saturated carbocycles. The highest BCUT2D eigenvalue weighted by Gasteiger charge is 2.28. The summed E-state index contributed by atoms with van der Waals surface area (Å²) in [6.07, 6.45) is 8.14. The molecule has 0 aromatic rings. The largest absolute Gasteiger partial charge is 0.352 e. The molecule has 3 unspecified atom stereocenters. The summed E-state index contributed by atoms with van der Waals surface area (Å²) in [6, 6.07) is 0.401. The summed E-state index contributed by atoms with van der Waals surface area (Å²) in [5.74, 6) is 0.684. The van der Waals surface area contributed by atoms with Gasteiger partial charge in [-0.1, -0.05) is 40.0 Å². The third kappa shape index (κ3) is 4.97. The Kier molecular flexibility index (Phi) is 7.33. The summed E-state index contributed by atoms with van der Waals surface area (Å²) in [5, 5.41) is 6.61. The van der Waals surface area contributed by atoms with Crippen LogP contribution in [-0.2, 0) is 4.79 Å². The van der Waals surface area contributed by atoms with Crippen LogP contribution < -0.4 is 10.6 Å². The average Bonchev–Trinajstić information content (AvgIpc) is 2.36. The quantitative estimate of drug-likeness (QED) is 0.733. The van der Waals surface area contributed by atoms with E-state index in [0.29, 0.717) is 12.0 Å². The Bertz CT molecular complexity index is 243. The van der Waals surface area contributed by atoms with Crippen molar-refractivity contribution in [2.45, 2.75) is 77.8 Å². The number of nitrogens with one attached hydrogen (secondary N) is 2. The molecule has 3 heteroatoms. The van der Waals surface area contributed by atoms with Crippen LogP contribution in [0.2, 0.25) is 0 Å². The molecule has 1 amide bonds. The molecule has 0 spiro atoms. The normalized spacial score (nSPS) is 25.7. The highest BCUT2D eigenvalue weighted by molar-refractivity contribution is 5.82. The SMILES string of the molecule is CCCCC(CCC)NC(=O)C1NCCCC1C. The molecule has 1 fully saturated rings. The van der Waals surface area contributed by atoms with Gasteiger partial charge < -0.3 is 10.6 Å². The Morgan fingerprint density at radius 3 is 2.72 bits per heavy atom. The van der Waals surface area contributed by atoms with Crippen molar-refractivity contribution < 1.29 is 4.79 Å². The van der Waals surface area contributed by atoms with Gasteiger partial charge in [-0.15, -0.1) is 0 Å². The molecule has 1 aliphatic rings. The summed E-state index contributed by atoms with van der Waals surface area (Å²) >= 11 is 0. The highest BCUT2D eigenvalue weighted by atomic mass is 16.2. The van der Waals surface area contributed by atoms with Gasteiger partial charge in [0.25, 0.3) is 0 Å². The molecule has 0 aromatic carbocycles. The molecule has 1 aliphatic heterocycles. The molecule has 0 radical (unpaired) electrons. The third-order valence-electron chi connectivity index (χ3n) is 3.94. The summed E-state index contributed by atoms with van der Waals surface area (Å²) in [6.45, 7) is 7.55. The van der Waals surface area contributed by atoms with Crippen molar-refractivity contribution in [3.05, 3.63) is 0 Å². The van der Waals surface area contributed by atoms with Crippen LogP contribution in [0.3, 0.4) is 0 Å². The first-order valence-corrected chi connectivity index (χ1v) is 7.72. The number of rotatable bonds is 7. The Morgan fingerprint density at radius 2 is 2.11 bits per heavy atom. The second-order valence-electron chi connectivity index (χ2n) is 5.69. The predicted octanol–water partition coefficient (Wildman–Crippen LogP) is 2.85. The zero-order valence-corrected chi connectivity index (χ0v) is 12.3. The van der Waals surface area contributed by atoms with Gasteiger partial charge in [-0.2, -0.15) is 0 Å². The lowest BCUT2D eigenvalue weighted by molar-refractivity contribution is -0.125. The average molecular weight is 254 g/mol. The van der Waals surface area contributed by atoms with Gasteiger partial charge in [0, 0.05) is 6.04 Å². The van der Waals surface area contributed by atoms with E-state index in [1.54, 1.807) is 0 Å². The third-order valence-corrected chi connectivity index (χ3v) is 3.94. The van der Waals surface area contributed by atoms with Crippen LogP contribution in [0.4, 0.5) is 0 Å². The van der Waals surface area contributed by atoms with E-state index in [-0.39, 0.29) is 11.9 Å². The lowest BCUT2D eigenvalue weighted by atomic mass is 9.91. The van der Waals surface area contributed by atoms with Gasteiger partial charge in [0.2, 0.25) is 5.91 Å². The van der Waals surface area contributed by atoms with Gasteiger partial charge in [0.15, 0.2) is 0 Å². The Morgan fingerprint density at radius 1 is 1.33 bits per heavy atom. The Labute approximate surface area is 112 Å². The molecule has 0 aliphatic carbocycles. The van der Waals surface area contributed by atoms with Crippen molar-refractivity contribution >= 4 is 5.91 Å². The van der Waals surface area contributed by atoms with Crippen molar-refractivity contribution in [2.24, 2.45) is 5.92 Å². The standard InChI is InChI=1S/C15H30N2O/c1-4-6-10-13(8-5-2)17-15(18)14-12(3)9-7-11-16-14/h12-14,16H,4-11H2,1-3H3,(H,17,18). The van der Waals surface area contributed by atoms with E-state index in [1.807, 2.05) is 0 Å². The maximum atomic E-state index is 12.3. The number of carbonyl (C=O) groups excluding carboxylic acids is 1. The minimum atomic E-state index is 0.0275. The van der Waals surface area contributed by atoms with Crippen LogP contribution in [0.15, 0.2) is 0 Å². The van der Waals surface area contributed by atoms with Gasteiger partial charge in [-0.3, -0.25) is 4.79 Å². The Hall–Kier alpha value is -0.570. The lowest BCUT2D eigenvalue weighted by Crippen LogP contribution is -2.53. The molecule has 1 heterocycles. The fraction of sp³-hybridized carbons (Fsp3) is 0.933. The number of piperidine rings is 1. The zero-order valence-electron chi connectivity index (χ0n) is 12.3. The molecule has 0 aromatic heterocycles. The molecular formula is C15H30N2O. The number of amides is 1. The smallest absolute Gasteiger partial charge is 0.237 e. The van der Waals surface area contributed by atoms with Gasteiger partial charge in [-0.05, 0) is 38.1 Å². The predicted molar refractivity (Wildman–Crippen MR) is 76.6 cm³/mol. The summed E-state index contributed by atoms with van der Waals surface area (Å²) in [7, 11) is 0. The number of carbonyl (C=O) groups is 1. The second kappa shape index (κ2) is 8.52. The van der Waals surface area contributed by atoms with Gasteiger partial charge in [0.1, 0.15) is 0 Å². The molecule has 3 nitrogen and oxygen atoms in total.